The molecule has 24 heavy (non-hydrogen) atoms. The Kier molecular flexibility index (Phi) is 5.97. The number of nitrogens with zero attached hydrogens (tertiary/aromatic N) is 6. The SMILES string of the molecule is O=[N+]([O-])C(CNNCC([N+](=O)[O-])([N+](=O)[O-])[N+](=O)[O-])([N+](=O)[O-])[N+](=O)[O-]. The van der Waals surface area contributed by atoms with Gasteiger partial charge in [0, 0.05) is 0 Å². The van der Waals surface area contributed by atoms with Crippen molar-refractivity contribution in [2.24, 2.45) is 0 Å². The van der Waals surface area contributed by atoms with E-state index in [-0.39, 0.29) is 0 Å². The molecule has 0 aliphatic carbocycles. The highest BCUT2D eigenvalue weighted by Crippen LogP contribution is 2.12. The van der Waals surface area contributed by atoms with Gasteiger partial charge in [-0.15, -0.1) is 0 Å². The number of rotatable bonds is 11. The van der Waals surface area contributed by atoms with Gasteiger partial charge >= 0.3 is 11.6 Å². The molecule has 134 valence electrons. The Labute approximate surface area is 127 Å². The highest BCUT2D eigenvalue weighted by Gasteiger charge is 2.72. The van der Waals surface area contributed by atoms with Gasteiger partial charge in [0.15, 0.2) is 29.5 Å². The third kappa shape index (κ3) is 3.22. The minimum Gasteiger partial charge on any atom is -0.253 e. The molecule has 20 heteroatoms. The van der Waals surface area contributed by atoms with Gasteiger partial charge in [-0.25, -0.2) is 10.9 Å². The van der Waals surface area contributed by atoms with Crippen molar-refractivity contribution in [3.05, 3.63) is 60.7 Å². The number of nitrogens with one attached hydrogen (secondary N) is 2. The van der Waals surface area contributed by atoms with Crippen LogP contribution in [0.3, 0.4) is 0 Å². The van der Waals surface area contributed by atoms with Crippen LogP contribution in [0.4, 0.5) is 0 Å². The predicted octanol–water partition coefficient (Wildman–Crippen LogP) is -2.95. The fourth-order valence-corrected chi connectivity index (χ4v) is 1.15. The molecule has 0 bridgehead atoms. The molecule has 0 saturated heterocycles. The lowest BCUT2D eigenvalue weighted by Gasteiger charge is -2.12. The molecule has 0 rings (SSSR count). The third-order valence-electron chi connectivity index (χ3n) is 2.53. The zero-order chi connectivity index (χ0) is 19.3. The quantitative estimate of drug-likeness (QED) is 0.161. The molecule has 0 aromatic rings. The molecule has 0 amide bonds. The Hall–Kier alpha value is -3.68. The van der Waals surface area contributed by atoms with Crippen LogP contribution in [-0.4, -0.2) is 54.2 Å². The second-order valence-corrected chi connectivity index (χ2v) is 3.80. The van der Waals surface area contributed by atoms with Crippen molar-refractivity contribution in [2.45, 2.75) is 11.6 Å². The van der Waals surface area contributed by atoms with Crippen molar-refractivity contribution < 1.29 is 29.5 Å². The van der Waals surface area contributed by atoms with Crippen LogP contribution in [-0.2, 0) is 0 Å². The molecular formula is C4H6N8O12. The molecule has 20 nitrogen and oxygen atoms in total. The molecule has 0 spiro atoms. The predicted molar refractivity (Wildman–Crippen MR) is 63.4 cm³/mol. The molecule has 0 heterocycles. The maximum atomic E-state index is 10.5. The minimum atomic E-state index is -4.02. The van der Waals surface area contributed by atoms with Gasteiger partial charge in [-0.3, -0.25) is 60.7 Å². The van der Waals surface area contributed by atoms with E-state index in [1.165, 1.54) is 10.9 Å². The van der Waals surface area contributed by atoms with Crippen LogP contribution in [0.5, 0.6) is 0 Å². The Morgan fingerprint density at radius 1 is 0.500 bits per heavy atom. The first kappa shape index (κ1) is 20.3. The van der Waals surface area contributed by atoms with Gasteiger partial charge in [0.2, 0.25) is 13.1 Å². The molecule has 0 aromatic heterocycles. The first-order chi connectivity index (χ1) is 10.9. The van der Waals surface area contributed by atoms with Crippen molar-refractivity contribution in [1.82, 2.24) is 10.9 Å². The van der Waals surface area contributed by atoms with E-state index in [2.05, 4.69) is 0 Å². The molecule has 0 unspecified atom stereocenters. The van der Waals surface area contributed by atoms with Crippen LogP contribution in [0, 0.1) is 60.7 Å². The number of hydrogen-bond donors (Lipinski definition) is 2. The fraction of sp³-hybridized carbons (Fsp3) is 1.00. The molecule has 0 aliphatic rings. The highest BCUT2D eigenvalue weighted by molar-refractivity contribution is 4.60. The summed E-state index contributed by atoms with van der Waals surface area (Å²) in [4.78, 5) is 51.9. The first-order valence-electron chi connectivity index (χ1n) is 5.20. The van der Waals surface area contributed by atoms with Crippen LogP contribution in [0.25, 0.3) is 0 Å². The summed E-state index contributed by atoms with van der Waals surface area (Å²) in [5, 5.41) is 63.3. The summed E-state index contributed by atoms with van der Waals surface area (Å²) in [5.41, 5.74) is 2.80. The van der Waals surface area contributed by atoms with E-state index in [0.717, 1.165) is 0 Å². The summed E-state index contributed by atoms with van der Waals surface area (Å²) in [5.74, 6) is -8.04. The second kappa shape index (κ2) is 7.05. The molecular weight excluding hydrogens is 352 g/mol. The first-order valence-corrected chi connectivity index (χ1v) is 5.20. The van der Waals surface area contributed by atoms with Crippen molar-refractivity contribution in [3.63, 3.8) is 0 Å². The maximum Gasteiger partial charge on any atom is 0.713 e. The van der Waals surface area contributed by atoms with E-state index in [0.29, 0.717) is 0 Å². The van der Waals surface area contributed by atoms with Crippen LogP contribution in [0.15, 0.2) is 0 Å². The summed E-state index contributed by atoms with van der Waals surface area (Å²) in [7, 11) is 0. The molecule has 0 radical (unpaired) electrons. The van der Waals surface area contributed by atoms with Crippen molar-refractivity contribution in [1.29, 1.82) is 0 Å². The molecule has 0 saturated carbocycles. The van der Waals surface area contributed by atoms with Gasteiger partial charge in [0.25, 0.3) is 0 Å². The van der Waals surface area contributed by atoms with Gasteiger partial charge < -0.3 is 0 Å². The molecule has 0 atom stereocenters. The van der Waals surface area contributed by atoms with E-state index in [1.54, 1.807) is 0 Å². The summed E-state index contributed by atoms with van der Waals surface area (Å²) < 4.78 is 0. The minimum absolute atomic E-state index is 1.40. The lowest BCUT2D eigenvalue weighted by molar-refractivity contribution is -0.969. The molecule has 2 N–H and O–H groups in total. The highest BCUT2D eigenvalue weighted by atomic mass is 16.7. The lowest BCUT2D eigenvalue weighted by Crippen LogP contribution is -2.65. The van der Waals surface area contributed by atoms with Crippen LogP contribution < -0.4 is 10.9 Å². The summed E-state index contributed by atoms with van der Waals surface area (Å²) in [6, 6.07) is 0. The van der Waals surface area contributed by atoms with Gasteiger partial charge in [-0.1, -0.05) is 0 Å². The van der Waals surface area contributed by atoms with Gasteiger partial charge in [0.05, 0.1) is 0 Å². The third-order valence-corrected chi connectivity index (χ3v) is 2.53. The Bertz CT molecular complexity index is 476. The normalized spacial score (nSPS) is 11.5. The van der Waals surface area contributed by atoms with Crippen LogP contribution in [0.1, 0.15) is 0 Å². The number of hydrazine groups is 1. The molecule has 0 fully saturated rings. The van der Waals surface area contributed by atoms with E-state index < -0.39 is 54.2 Å². The largest absolute Gasteiger partial charge is 0.713 e. The van der Waals surface area contributed by atoms with Crippen molar-refractivity contribution in [2.75, 3.05) is 13.1 Å². The van der Waals surface area contributed by atoms with Gasteiger partial charge in [-0.05, 0) is 0 Å². The zero-order valence-electron chi connectivity index (χ0n) is 11.0. The van der Waals surface area contributed by atoms with Gasteiger partial charge in [-0.2, -0.15) is 0 Å². The Morgan fingerprint density at radius 2 is 0.667 bits per heavy atom. The summed E-state index contributed by atoms with van der Waals surface area (Å²) >= 11 is 0. The average Bonchev–Trinajstić information content (AvgIpc) is 2.40. The summed E-state index contributed by atoms with van der Waals surface area (Å²) in [6.45, 7) is -3.47. The Balaban J connectivity index is 5.28. The number of nitro groups is 6. The smallest absolute Gasteiger partial charge is 0.253 e. The van der Waals surface area contributed by atoms with Crippen LogP contribution >= 0.6 is 0 Å². The maximum absolute atomic E-state index is 10.5. The monoisotopic (exact) mass is 358 g/mol. The van der Waals surface area contributed by atoms with E-state index >= 15 is 0 Å². The second-order valence-electron chi connectivity index (χ2n) is 3.80. The van der Waals surface area contributed by atoms with E-state index in [1.807, 2.05) is 0 Å². The Morgan fingerprint density at radius 3 is 0.792 bits per heavy atom. The number of hydrogen-bond acceptors (Lipinski definition) is 14. The standard InChI is InChI=1S/C4H6N8O12/c13-7(14)3(8(15)16,9(17)18)1-5-6-2-4(10(19)20,11(21)22)12(23)24/h5-6H,1-2H2. The van der Waals surface area contributed by atoms with E-state index in [4.69, 9.17) is 0 Å². The summed E-state index contributed by atoms with van der Waals surface area (Å²) in [6.07, 6.45) is 0. The van der Waals surface area contributed by atoms with Gasteiger partial charge in [0.1, 0.15) is 0 Å². The van der Waals surface area contributed by atoms with Crippen LogP contribution in [0.2, 0.25) is 0 Å². The zero-order valence-corrected chi connectivity index (χ0v) is 11.0. The van der Waals surface area contributed by atoms with Crippen molar-refractivity contribution in [3.8, 4) is 0 Å². The lowest BCUT2D eigenvalue weighted by atomic mass is 10.4. The van der Waals surface area contributed by atoms with Crippen molar-refractivity contribution >= 4 is 0 Å². The molecule has 0 aliphatic heterocycles. The van der Waals surface area contributed by atoms with E-state index in [9.17, 15) is 60.7 Å². The fourth-order valence-electron chi connectivity index (χ4n) is 1.15. The molecule has 0 aromatic carbocycles. The topological polar surface area (TPSA) is 283 Å². The average molecular weight is 358 g/mol.